The predicted molar refractivity (Wildman–Crippen MR) is 70.7 cm³/mol. The molecule has 0 aliphatic heterocycles. The Labute approximate surface area is 115 Å². The first kappa shape index (κ1) is 14.1. The molecule has 2 aromatic rings. The first-order valence-electron chi connectivity index (χ1n) is 5.58. The van der Waals surface area contributed by atoms with Crippen molar-refractivity contribution in [3.8, 4) is 5.75 Å². The topological polar surface area (TPSA) is 152 Å². The second kappa shape index (κ2) is 5.33. The van der Waals surface area contributed by atoms with Gasteiger partial charge in [0.15, 0.2) is 0 Å². The summed E-state index contributed by atoms with van der Waals surface area (Å²) in [5, 5.41) is 20.5. The van der Waals surface area contributed by atoms with Gasteiger partial charge in [0.25, 0.3) is 11.5 Å². The molecule has 0 fully saturated rings. The summed E-state index contributed by atoms with van der Waals surface area (Å²) in [4.78, 5) is 49.2. The fraction of sp³-hybridized carbons (Fsp3) is 0. The van der Waals surface area contributed by atoms with Gasteiger partial charge in [-0.1, -0.05) is 0 Å². The van der Waals surface area contributed by atoms with Crippen LogP contribution in [-0.2, 0) is 0 Å². The molecular formula is C12H9N3O6. The highest BCUT2D eigenvalue weighted by atomic mass is 16.4. The number of carbonyl (C=O) groups excluding carboxylic acids is 1. The first-order valence-corrected chi connectivity index (χ1v) is 5.58. The van der Waals surface area contributed by atoms with Crippen LogP contribution >= 0.6 is 0 Å². The molecule has 21 heavy (non-hydrogen) atoms. The number of hydrogen-bond donors (Lipinski definition) is 5. The molecule has 1 aromatic heterocycles. The van der Waals surface area contributed by atoms with E-state index in [9.17, 15) is 24.3 Å². The predicted octanol–water partition coefficient (Wildman–Crippen LogP) is -0.281. The Kier molecular flexibility index (Phi) is 3.57. The van der Waals surface area contributed by atoms with Crippen LogP contribution in [0.1, 0.15) is 20.7 Å². The summed E-state index contributed by atoms with van der Waals surface area (Å²) >= 11 is 0. The zero-order valence-electron chi connectivity index (χ0n) is 10.3. The standard InChI is InChI=1S/C12H9N3O6/c16-5-1-2-8(6(3-5)11(19)20)14-9(17)7-4-13-12(21)15-10(7)18/h1-4,16H,(H,14,17)(H,19,20)(H2,13,15,18,21). The van der Waals surface area contributed by atoms with Crippen LogP contribution in [0.2, 0.25) is 0 Å². The van der Waals surface area contributed by atoms with Gasteiger partial charge in [0.1, 0.15) is 11.3 Å². The van der Waals surface area contributed by atoms with Crippen molar-refractivity contribution in [2.24, 2.45) is 0 Å². The number of nitrogens with one attached hydrogen (secondary N) is 3. The van der Waals surface area contributed by atoms with Gasteiger partial charge >= 0.3 is 11.7 Å². The minimum absolute atomic E-state index is 0.101. The number of aromatic carboxylic acids is 1. The Morgan fingerprint density at radius 1 is 1.14 bits per heavy atom. The average molecular weight is 291 g/mol. The second-order valence-corrected chi connectivity index (χ2v) is 3.97. The van der Waals surface area contributed by atoms with E-state index in [2.05, 4.69) is 10.3 Å². The maximum absolute atomic E-state index is 11.9. The molecule has 9 nitrogen and oxygen atoms in total. The lowest BCUT2D eigenvalue weighted by Gasteiger charge is -2.08. The lowest BCUT2D eigenvalue weighted by molar-refractivity contribution is 0.0697. The number of anilines is 1. The van der Waals surface area contributed by atoms with E-state index < -0.39 is 23.1 Å². The van der Waals surface area contributed by atoms with E-state index in [1.807, 2.05) is 4.98 Å². The van der Waals surface area contributed by atoms with Gasteiger partial charge in [-0.2, -0.15) is 0 Å². The molecule has 0 bridgehead atoms. The molecule has 0 aliphatic carbocycles. The summed E-state index contributed by atoms with van der Waals surface area (Å²) in [7, 11) is 0. The van der Waals surface area contributed by atoms with Crippen LogP contribution in [0.3, 0.4) is 0 Å². The Hall–Kier alpha value is -3.36. The van der Waals surface area contributed by atoms with E-state index in [4.69, 9.17) is 5.11 Å². The van der Waals surface area contributed by atoms with Crippen molar-refractivity contribution >= 4 is 17.6 Å². The number of aromatic nitrogens is 2. The van der Waals surface area contributed by atoms with Gasteiger partial charge in [0.05, 0.1) is 11.3 Å². The lowest BCUT2D eigenvalue weighted by Crippen LogP contribution is -2.30. The third kappa shape index (κ3) is 2.97. The van der Waals surface area contributed by atoms with E-state index in [-0.39, 0.29) is 22.6 Å². The molecule has 1 aromatic carbocycles. The molecule has 0 saturated carbocycles. The number of carboxylic acids is 1. The van der Waals surface area contributed by atoms with E-state index in [0.29, 0.717) is 0 Å². The highest BCUT2D eigenvalue weighted by Gasteiger charge is 2.16. The summed E-state index contributed by atoms with van der Waals surface area (Å²) in [6, 6.07) is 3.31. The third-order valence-electron chi connectivity index (χ3n) is 2.55. The van der Waals surface area contributed by atoms with Gasteiger partial charge in [-0.05, 0) is 18.2 Å². The van der Waals surface area contributed by atoms with Crippen LogP contribution in [-0.4, -0.2) is 32.1 Å². The monoisotopic (exact) mass is 291 g/mol. The largest absolute Gasteiger partial charge is 0.508 e. The molecule has 108 valence electrons. The molecule has 5 N–H and O–H groups in total. The fourth-order valence-electron chi connectivity index (χ4n) is 1.59. The van der Waals surface area contributed by atoms with Crippen molar-refractivity contribution in [3.63, 3.8) is 0 Å². The number of aromatic hydroxyl groups is 1. The Morgan fingerprint density at radius 2 is 1.86 bits per heavy atom. The van der Waals surface area contributed by atoms with E-state index >= 15 is 0 Å². The van der Waals surface area contributed by atoms with E-state index in [0.717, 1.165) is 12.3 Å². The summed E-state index contributed by atoms with van der Waals surface area (Å²) in [5.74, 6) is -2.55. The Bertz CT molecular complexity index is 835. The number of benzene rings is 1. The molecule has 9 heteroatoms. The van der Waals surface area contributed by atoms with Gasteiger partial charge in [0.2, 0.25) is 0 Å². The van der Waals surface area contributed by atoms with Crippen molar-refractivity contribution in [3.05, 3.63) is 56.4 Å². The van der Waals surface area contributed by atoms with E-state index in [1.165, 1.54) is 12.1 Å². The number of carboxylic acid groups (broad SMARTS) is 1. The number of aromatic amines is 2. The van der Waals surface area contributed by atoms with Gasteiger partial charge in [-0.3, -0.25) is 14.6 Å². The zero-order chi connectivity index (χ0) is 15.6. The number of amides is 1. The van der Waals surface area contributed by atoms with Crippen LogP contribution < -0.4 is 16.6 Å². The number of carbonyl (C=O) groups is 2. The quantitative estimate of drug-likeness (QED) is 0.490. The van der Waals surface area contributed by atoms with Crippen molar-refractivity contribution in [2.45, 2.75) is 0 Å². The minimum atomic E-state index is -1.36. The molecule has 1 heterocycles. The third-order valence-corrected chi connectivity index (χ3v) is 2.55. The van der Waals surface area contributed by atoms with Gasteiger partial charge < -0.3 is 20.5 Å². The van der Waals surface area contributed by atoms with Crippen LogP contribution in [0.5, 0.6) is 5.75 Å². The molecule has 0 aliphatic rings. The molecule has 0 saturated heterocycles. The lowest BCUT2D eigenvalue weighted by atomic mass is 10.1. The maximum Gasteiger partial charge on any atom is 0.337 e. The molecule has 0 atom stereocenters. The Morgan fingerprint density at radius 3 is 2.48 bits per heavy atom. The van der Waals surface area contributed by atoms with Crippen molar-refractivity contribution in [1.29, 1.82) is 0 Å². The zero-order valence-corrected chi connectivity index (χ0v) is 10.3. The Balaban J connectivity index is 2.38. The normalized spacial score (nSPS) is 10.1. The fourth-order valence-corrected chi connectivity index (χ4v) is 1.59. The van der Waals surface area contributed by atoms with E-state index in [1.54, 1.807) is 0 Å². The number of phenols is 1. The van der Waals surface area contributed by atoms with Crippen molar-refractivity contribution < 1.29 is 19.8 Å². The summed E-state index contributed by atoms with van der Waals surface area (Å²) < 4.78 is 0. The van der Waals surface area contributed by atoms with Crippen LogP contribution in [0.15, 0.2) is 34.0 Å². The molecule has 0 unspecified atom stereocenters. The number of phenolic OH excluding ortho intramolecular Hbond substituents is 1. The SMILES string of the molecule is O=C(O)c1cc(O)ccc1NC(=O)c1c[nH]c(=O)[nH]c1=O. The average Bonchev–Trinajstić information content (AvgIpc) is 2.40. The molecule has 2 rings (SSSR count). The number of hydrogen-bond acceptors (Lipinski definition) is 5. The molecular weight excluding hydrogens is 282 g/mol. The smallest absolute Gasteiger partial charge is 0.337 e. The van der Waals surface area contributed by atoms with Gasteiger partial charge in [0, 0.05) is 6.20 Å². The van der Waals surface area contributed by atoms with Crippen LogP contribution in [0.4, 0.5) is 5.69 Å². The van der Waals surface area contributed by atoms with Gasteiger partial charge in [-0.15, -0.1) is 0 Å². The van der Waals surface area contributed by atoms with Crippen LogP contribution in [0.25, 0.3) is 0 Å². The molecule has 1 amide bonds. The number of rotatable bonds is 3. The number of H-pyrrole nitrogens is 2. The van der Waals surface area contributed by atoms with Gasteiger partial charge in [-0.25, -0.2) is 9.59 Å². The minimum Gasteiger partial charge on any atom is -0.508 e. The summed E-state index contributed by atoms with van der Waals surface area (Å²) in [6.07, 6.45) is 0.914. The molecule has 0 radical (unpaired) electrons. The van der Waals surface area contributed by atoms with Crippen LogP contribution in [0, 0.1) is 0 Å². The second-order valence-electron chi connectivity index (χ2n) is 3.97. The summed E-state index contributed by atoms with van der Waals surface area (Å²) in [5.41, 5.74) is -2.52. The summed E-state index contributed by atoms with van der Waals surface area (Å²) in [6.45, 7) is 0. The molecule has 0 spiro atoms. The maximum atomic E-state index is 11.9. The van der Waals surface area contributed by atoms with Crippen molar-refractivity contribution in [1.82, 2.24) is 9.97 Å². The van der Waals surface area contributed by atoms with Crippen molar-refractivity contribution in [2.75, 3.05) is 5.32 Å². The first-order chi connectivity index (χ1) is 9.88. The highest BCUT2D eigenvalue weighted by molar-refractivity contribution is 6.07. The highest BCUT2D eigenvalue weighted by Crippen LogP contribution is 2.21.